The van der Waals surface area contributed by atoms with E-state index in [9.17, 15) is 9.59 Å². The van der Waals surface area contributed by atoms with Gasteiger partial charge in [-0.3, -0.25) is 9.59 Å². The smallest absolute Gasteiger partial charge is 0.251 e. The maximum absolute atomic E-state index is 12.4. The topological polar surface area (TPSA) is 87.5 Å². The van der Waals surface area contributed by atoms with E-state index in [-0.39, 0.29) is 17.4 Å². The molecule has 1 aliphatic rings. The predicted octanol–water partition coefficient (Wildman–Crippen LogP) is 1.71. The summed E-state index contributed by atoms with van der Waals surface area (Å²) in [5.74, 6) is -0.211. The Morgan fingerprint density at radius 1 is 1.39 bits per heavy atom. The van der Waals surface area contributed by atoms with Gasteiger partial charge in [0.2, 0.25) is 5.91 Å². The number of amides is 2. The van der Waals surface area contributed by atoms with Crippen LogP contribution in [0.3, 0.4) is 0 Å². The monoisotopic (exact) mass is 318 g/mol. The van der Waals surface area contributed by atoms with Gasteiger partial charge in [0.15, 0.2) is 0 Å². The zero-order chi connectivity index (χ0) is 17.0. The molecule has 0 unspecified atom stereocenters. The zero-order valence-electron chi connectivity index (χ0n) is 14.1. The average Bonchev–Trinajstić information content (AvgIpc) is 2.70. The molecule has 2 rings (SSSR count). The molecule has 0 fully saturated rings. The van der Waals surface area contributed by atoms with Crippen molar-refractivity contribution in [3.63, 3.8) is 0 Å². The van der Waals surface area contributed by atoms with Gasteiger partial charge in [-0.15, -0.1) is 0 Å². The van der Waals surface area contributed by atoms with E-state index >= 15 is 0 Å². The highest BCUT2D eigenvalue weighted by atomic mass is 16.2. The first-order valence-electron chi connectivity index (χ1n) is 8.10. The van der Waals surface area contributed by atoms with Gasteiger partial charge in [0, 0.05) is 37.7 Å². The highest BCUT2D eigenvalue weighted by Crippen LogP contribution is 2.28. The van der Waals surface area contributed by atoms with Crippen LogP contribution in [0, 0.1) is 0 Å². The molecule has 1 heterocycles. The fourth-order valence-corrected chi connectivity index (χ4v) is 2.57. The molecule has 0 atom stereocenters. The van der Waals surface area contributed by atoms with E-state index < -0.39 is 0 Å². The minimum absolute atomic E-state index is 0.0360. The summed E-state index contributed by atoms with van der Waals surface area (Å²) < 4.78 is 0. The predicted molar refractivity (Wildman–Crippen MR) is 92.8 cm³/mol. The quantitative estimate of drug-likeness (QED) is 0.771. The average molecular weight is 318 g/mol. The van der Waals surface area contributed by atoms with Crippen LogP contribution in [0.4, 0.5) is 11.4 Å². The summed E-state index contributed by atoms with van der Waals surface area (Å²) in [7, 11) is 1.93. The number of nitrogens with two attached hydrogens (primary N) is 1. The van der Waals surface area contributed by atoms with Crippen molar-refractivity contribution in [1.29, 1.82) is 0 Å². The summed E-state index contributed by atoms with van der Waals surface area (Å²) in [5.41, 5.74) is 7.95. The maximum Gasteiger partial charge on any atom is 0.251 e. The first-order valence-corrected chi connectivity index (χ1v) is 8.10. The molecule has 6 heteroatoms. The van der Waals surface area contributed by atoms with Crippen LogP contribution < -0.4 is 21.3 Å². The normalized spacial score (nSPS) is 14.8. The van der Waals surface area contributed by atoms with Crippen molar-refractivity contribution in [3.8, 4) is 0 Å². The number of hydrogen-bond acceptors (Lipinski definition) is 4. The molecule has 1 aromatic carbocycles. The van der Waals surface area contributed by atoms with Crippen LogP contribution in [-0.2, 0) is 4.79 Å². The standard InChI is InChI=1S/C17H26N4O2/c1-4-17(18,5-2)11-19-16(23)12-6-7-14-13(10-12)20-15(22)8-9-21(14)3/h6-7,10H,4-5,8-9,11,18H2,1-3H3,(H,19,23)(H,20,22). The van der Waals surface area contributed by atoms with Crippen molar-refractivity contribution in [2.75, 3.05) is 30.4 Å². The Bertz CT molecular complexity index is 596. The molecule has 0 radical (unpaired) electrons. The summed E-state index contributed by atoms with van der Waals surface area (Å²) in [4.78, 5) is 26.1. The largest absolute Gasteiger partial charge is 0.372 e. The number of rotatable bonds is 5. The third-order valence-corrected chi connectivity index (χ3v) is 4.63. The third kappa shape index (κ3) is 4.01. The summed E-state index contributed by atoms with van der Waals surface area (Å²) >= 11 is 0. The SMILES string of the molecule is CCC(N)(CC)CNC(=O)c1ccc2c(c1)NC(=O)CCN2C. The molecule has 23 heavy (non-hydrogen) atoms. The lowest BCUT2D eigenvalue weighted by molar-refractivity contribution is -0.115. The molecule has 0 saturated carbocycles. The first-order chi connectivity index (χ1) is 10.9. The van der Waals surface area contributed by atoms with Gasteiger partial charge >= 0.3 is 0 Å². The molecule has 0 saturated heterocycles. The number of anilines is 2. The van der Waals surface area contributed by atoms with Gasteiger partial charge in [-0.25, -0.2) is 0 Å². The Morgan fingerprint density at radius 2 is 2.09 bits per heavy atom. The Hall–Kier alpha value is -2.08. The van der Waals surface area contributed by atoms with Crippen LogP contribution in [0.5, 0.6) is 0 Å². The van der Waals surface area contributed by atoms with Gasteiger partial charge in [-0.1, -0.05) is 13.8 Å². The molecule has 126 valence electrons. The van der Waals surface area contributed by atoms with Gasteiger partial charge < -0.3 is 21.3 Å². The Kier molecular flexibility index (Phi) is 5.26. The fraction of sp³-hybridized carbons (Fsp3) is 0.529. The van der Waals surface area contributed by atoms with Crippen molar-refractivity contribution >= 4 is 23.2 Å². The summed E-state index contributed by atoms with van der Waals surface area (Å²) in [6.45, 7) is 5.13. The van der Waals surface area contributed by atoms with Gasteiger partial charge in [0.1, 0.15) is 0 Å². The van der Waals surface area contributed by atoms with E-state index in [0.29, 0.717) is 30.8 Å². The molecular formula is C17H26N4O2. The lowest BCUT2D eigenvalue weighted by atomic mass is 9.94. The number of fused-ring (bicyclic) bond motifs is 1. The molecule has 0 aliphatic carbocycles. The van der Waals surface area contributed by atoms with E-state index in [0.717, 1.165) is 18.5 Å². The number of benzene rings is 1. The molecule has 0 spiro atoms. The second-order valence-electron chi connectivity index (χ2n) is 6.20. The third-order valence-electron chi connectivity index (χ3n) is 4.63. The van der Waals surface area contributed by atoms with Crippen molar-refractivity contribution in [3.05, 3.63) is 23.8 Å². The minimum atomic E-state index is -0.379. The fourth-order valence-electron chi connectivity index (χ4n) is 2.57. The number of nitrogens with zero attached hydrogens (tertiary/aromatic N) is 1. The van der Waals surface area contributed by atoms with E-state index in [1.54, 1.807) is 12.1 Å². The minimum Gasteiger partial charge on any atom is -0.372 e. The number of carbonyl (C=O) groups is 2. The molecule has 2 amide bonds. The zero-order valence-corrected chi connectivity index (χ0v) is 14.1. The molecular weight excluding hydrogens is 292 g/mol. The Morgan fingerprint density at radius 3 is 2.74 bits per heavy atom. The lowest BCUT2D eigenvalue weighted by Crippen LogP contribution is -2.49. The molecule has 4 N–H and O–H groups in total. The van der Waals surface area contributed by atoms with E-state index in [4.69, 9.17) is 5.73 Å². The van der Waals surface area contributed by atoms with Crippen LogP contribution in [0.25, 0.3) is 0 Å². The second-order valence-corrected chi connectivity index (χ2v) is 6.20. The number of hydrogen-bond donors (Lipinski definition) is 3. The lowest BCUT2D eigenvalue weighted by Gasteiger charge is -2.27. The van der Waals surface area contributed by atoms with Gasteiger partial charge in [-0.2, -0.15) is 0 Å². The van der Waals surface area contributed by atoms with Crippen molar-refractivity contribution < 1.29 is 9.59 Å². The molecule has 0 bridgehead atoms. The second kappa shape index (κ2) is 7.00. The van der Waals surface area contributed by atoms with E-state index in [1.807, 2.05) is 31.9 Å². The van der Waals surface area contributed by atoms with Gasteiger partial charge in [0.25, 0.3) is 5.91 Å². The van der Waals surface area contributed by atoms with E-state index in [1.165, 1.54) is 0 Å². The van der Waals surface area contributed by atoms with Gasteiger partial charge in [-0.05, 0) is 31.0 Å². The van der Waals surface area contributed by atoms with Crippen molar-refractivity contribution in [2.24, 2.45) is 5.73 Å². The van der Waals surface area contributed by atoms with Gasteiger partial charge in [0.05, 0.1) is 11.4 Å². The Balaban J connectivity index is 2.15. The first kappa shape index (κ1) is 17.3. The molecule has 0 aromatic heterocycles. The van der Waals surface area contributed by atoms with Crippen LogP contribution in [-0.4, -0.2) is 37.5 Å². The highest BCUT2D eigenvalue weighted by Gasteiger charge is 2.22. The molecule has 1 aromatic rings. The van der Waals surface area contributed by atoms with Crippen molar-refractivity contribution in [1.82, 2.24) is 5.32 Å². The summed E-state index contributed by atoms with van der Waals surface area (Å²) in [6, 6.07) is 5.36. The number of carbonyl (C=O) groups excluding carboxylic acids is 2. The summed E-state index contributed by atoms with van der Waals surface area (Å²) in [5, 5.41) is 5.75. The summed E-state index contributed by atoms with van der Waals surface area (Å²) in [6.07, 6.45) is 2.04. The highest BCUT2D eigenvalue weighted by molar-refractivity contribution is 6.00. The van der Waals surface area contributed by atoms with E-state index in [2.05, 4.69) is 10.6 Å². The van der Waals surface area contributed by atoms with Crippen LogP contribution in [0.2, 0.25) is 0 Å². The molecule has 1 aliphatic heterocycles. The van der Waals surface area contributed by atoms with Crippen LogP contribution in [0.15, 0.2) is 18.2 Å². The maximum atomic E-state index is 12.4. The van der Waals surface area contributed by atoms with Crippen LogP contribution >= 0.6 is 0 Å². The van der Waals surface area contributed by atoms with Crippen LogP contribution in [0.1, 0.15) is 43.5 Å². The molecule has 6 nitrogen and oxygen atoms in total. The Labute approximate surface area is 137 Å². The number of nitrogens with one attached hydrogen (secondary N) is 2. The van der Waals surface area contributed by atoms with Crippen molar-refractivity contribution in [2.45, 2.75) is 38.6 Å².